The molecule has 0 heterocycles. The number of halogens is 2. The Morgan fingerprint density at radius 3 is 2.59 bits per heavy atom. The molecule has 0 aliphatic carbocycles. The van der Waals surface area contributed by atoms with E-state index in [1.54, 1.807) is 24.3 Å². The van der Waals surface area contributed by atoms with Crippen molar-refractivity contribution < 1.29 is 9.90 Å². The van der Waals surface area contributed by atoms with Crippen molar-refractivity contribution in [1.82, 2.24) is 5.43 Å². The molecular weight excluding hydrogens is 343 g/mol. The van der Waals surface area contributed by atoms with Gasteiger partial charge in [0.25, 0.3) is 0 Å². The fourth-order valence-corrected chi connectivity index (χ4v) is 2.51. The van der Waals surface area contributed by atoms with Crippen LogP contribution in [0.15, 0.2) is 52.5 Å². The highest BCUT2D eigenvalue weighted by Crippen LogP contribution is 2.20. The normalized spacial score (nSPS) is 10.8. The van der Waals surface area contributed by atoms with Gasteiger partial charge in [-0.2, -0.15) is 5.10 Å². The predicted molar refractivity (Wildman–Crippen MR) is 91.0 cm³/mol. The summed E-state index contributed by atoms with van der Waals surface area (Å²) in [4.78, 5) is 12.6. The van der Waals surface area contributed by atoms with Crippen LogP contribution in [0.25, 0.3) is 0 Å². The van der Waals surface area contributed by atoms with E-state index in [9.17, 15) is 9.90 Å². The number of benzene rings is 2. The highest BCUT2D eigenvalue weighted by Gasteiger charge is 2.02. The quantitative estimate of drug-likeness (QED) is 0.485. The molecule has 0 saturated carbocycles. The van der Waals surface area contributed by atoms with Crippen LogP contribution in [-0.4, -0.2) is 23.0 Å². The molecule has 7 heteroatoms. The lowest BCUT2D eigenvalue weighted by atomic mass is 10.2. The molecule has 0 aliphatic rings. The van der Waals surface area contributed by atoms with Crippen LogP contribution < -0.4 is 5.43 Å². The number of phenols is 1. The van der Waals surface area contributed by atoms with Crippen LogP contribution >= 0.6 is 35.0 Å². The molecule has 0 unspecified atom stereocenters. The minimum atomic E-state index is -0.252. The Kier molecular flexibility index (Phi) is 6.12. The van der Waals surface area contributed by atoms with Crippen molar-refractivity contribution in [2.45, 2.75) is 4.90 Å². The molecule has 114 valence electrons. The highest BCUT2D eigenvalue weighted by atomic mass is 35.5. The van der Waals surface area contributed by atoms with Crippen LogP contribution in [0, 0.1) is 0 Å². The minimum absolute atomic E-state index is 0.0398. The first-order chi connectivity index (χ1) is 10.5. The van der Waals surface area contributed by atoms with E-state index in [1.165, 1.54) is 24.0 Å². The Hall–Kier alpha value is -1.69. The summed E-state index contributed by atoms with van der Waals surface area (Å²) in [5.74, 6) is 0.0104. The van der Waals surface area contributed by atoms with Gasteiger partial charge in [0.2, 0.25) is 5.91 Å². The van der Waals surface area contributed by atoms with Crippen molar-refractivity contribution in [2.24, 2.45) is 5.10 Å². The molecule has 2 rings (SSSR count). The van der Waals surface area contributed by atoms with Crippen molar-refractivity contribution in [2.75, 3.05) is 5.75 Å². The topological polar surface area (TPSA) is 61.7 Å². The zero-order valence-electron chi connectivity index (χ0n) is 11.3. The van der Waals surface area contributed by atoms with Crippen molar-refractivity contribution in [3.8, 4) is 5.75 Å². The Labute approximate surface area is 142 Å². The first kappa shape index (κ1) is 16.7. The third kappa shape index (κ3) is 5.26. The van der Waals surface area contributed by atoms with Gasteiger partial charge in [0.05, 0.1) is 12.0 Å². The summed E-state index contributed by atoms with van der Waals surface area (Å²) in [6, 6.07) is 11.8. The minimum Gasteiger partial charge on any atom is -0.507 e. The van der Waals surface area contributed by atoms with Gasteiger partial charge < -0.3 is 5.11 Å². The van der Waals surface area contributed by atoms with Crippen LogP contribution in [0.5, 0.6) is 5.75 Å². The molecule has 0 saturated heterocycles. The SMILES string of the molecule is O=C(CSc1ccc(Cl)cc1)N/N=C\c1cc(Cl)ccc1O. The zero-order valence-corrected chi connectivity index (χ0v) is 13.6. The van der Waals surface area contributed by atoms with Crippen LogP contribution in [0.3, 0.4) is 0 Å². The second-order valence-corrected chi connectivity index (χ2v) is 6.16. The maximum absolute atomic E-state index is 11.7. The Morgan fingerprint density at radius 2 is 1.86 bits per heavy atom. The molecule has 0 radical (unpaired) electrons. The Balaban J connectivity index is 1.83. The number of carbonyl (C=O) groups is 1. The third-order valence-electron chi connectivity index (χ3n) is 2.57. The average molecular weight is 355 g/mol. The zero-order chi connectivity index (χ0) is 15.9. The molecule has 2 aromatic carbocycles. The molecule has 22 heavy (non-hydrogen) atoms. The maximum atomic E-state index is 11.7. The number of hydrazone groups is 1. The van der Waals surface area contributed by atoms with Crippen LogP contribution in [-0.2, 0) is 4.79 Å². The summed E-state index contributed by atoms with van der Waals surface area (Å²) >= 11 is 13.0. The number of rotatable bonds is 5. The van der Waals surface area contributed by atoms with Gasteiger partial charge in [0.1, 0.15) is 5.75 Å². The van der Waals surface area contributed by atoms with E-state index in [4.69, 9.17) is 23.2 Å². The van der Waals surface area contributed by atoms with Gasteiger partial charge in [-0.1, -0.05) is 23.2 Å². The number of hydrogen-bond donors (Lipinski definition) is 2. The van der Waals surface area contributed by atoms with Crippen LogP contribution in [0.4, 0.5) is 0 Å². The molecule has 2 aromatic rings. The lowest BCUT2D eigenvalue weighted by molar-refractivity contribution is -0.118. The lowest BCUT2D eigenvalue weighted by Crippen LogP contribution is -2.19. The number of amides is 1. The molecule has 0 fully saturated rings. The van der Waals surface area contributed by atoms with E-state index in [0.717, 1.165) is 4.90 Å². The number of nitrogens with one attached hydrogen (secondary N) is 1. The standard InChI is InChI=1S/C15H12Cl2N2O2S/c16-11-1-4-13(5-2-11)22-9-15(21)19-18-8-10-7-12(17)3-6-14(10)20/h1-8,20H,9H2,(H,19,21)/b18-8-. The lowest BCUT2D eigenvalue weighted by Gasteiger charge is -2.02. The number of phenolic OH excluding ortho intramolecular Hbond substituents is 1. The second-order valence-electron chi connectivity index (χ2n) is 4.24. The summed E-state index contributed by atoms with van der Waals surface area (Å²) in [6.45, 7) is 0. The van der Waals surface area contributed by atoms with E-state index >= 15 is 0 Å². The molecule has 0 spiro atoms. The maximum Gasteiger partial charge on any atom is 0.250 e. The van der Waals surface area contributed by atoms with Crippen LogP contribution in [0.2, 0.25) is 10.0 Å². The highest BCUT2D eigenvalue weighted by molar-refractivity contribution is 8.00. The molecule has 0 aromatic heterocycles. The van der Waals surface area contributed by atoms with Gasteiger partial charge in [0.15, 0.2) is 0 Å². The third-order valence-corrected chi connectivity index (χ3v) is 4.07. The van der Waals surface area contributed by atoms with Crippen LogP contribution in [0.1, 0.15) is 5.56 Å². The smallest absolute Gasteiger partial charge is 0.250 e. The van der Waals surface area contributed by atoms with Gasteiger partial charge in [-0.05, 0) is 42.5 Å². The average Bonchev–Trinajstić information content (AvgIpc) is 2.50. The first-order valence-corrected chi connectivity index (χ1v) is 7.97. The molecule has 2 N–H and O–H groups in total. The summed E-state index contributed by atoms with van der Waals surface area (Å²) in [6.07, 6.45) is 1.34. The van der Waals surface area contributed by atoms with Crippen molar-refractivity contribution in [1.29, 1.82) is 0 Å². The fraction of sp³-hybridized carbons (Fsp3) is 0.0667. The number of thioether (sulfide) groups is 1. The van der Waals surface area contributed by atoms with E-state index in [0.29, 0.717) is 15.6 Å². The molecule has 4 nitrogen and oxygen atoms in total. The predicted octanol–water partition coefficient (Wildman–Crippen LogP) is 3.94. The Bertz CT molecular complexity index is 690. The first-order valence-electron chi connectivity index (χ1n) is 6.23. The molecule has 0 aliphatic heterocycles. The van der Waals surface area contributed by atoms with Gasteiger partial charge in [-0.25, -0.2) is 5.43 Å². The molecular formula is C15H12Cl2N2O2S. The van der Waals surface area contributed by atoms with E-state index in [-0.39, 0.29) is 17.4 Å². The number of hydrogen-bond acceptors (Lipinski definition) is 4. The summed E-state index contributed by atoms with van der Waals surface area (Å²) < 4.78 is 0. The summed E-state index contributed by atoms with van der Waals surface area (Å²) in [5.41, 5.74) is 2.82. The van der Waals surface area contributed by atoms with E-state index in [2.05, 4.69) is 10.5 Å². The largest absolute Gasteiger partial charge is 0.507 e. The number of aromatic hydroxyl groups is 1. The van der Waals surface area contributed by atoms with E-state index in [1.807, 2.05) is 12.1 Å². The summed E-state index contributed by atoms with van der Waals surface area (Å²) in [7, 11) is 0. The van der Waals surface area contributed by atoms with Crippen molar-refractivity contribution in [3.63, 3.8) is 0 Å². The summed E-state index contributed by atoms with van der Waals surface area (Å²) in [5, 5.41) is 14.5. The van der Waals surface area contributed by atoms with Gasteiger partial charge in [-0.15, -0.1) is 11.8 Å². The molecule has 0 atom stereocenters. The van der Waals surface area contributed by atoms with Gasteiger partial charge in [-0.3, -0.25) is 4.79 Å². The van der Waals surface area contributed by atoms with Gasteiger partial charge in [0, 0.05) is 20.5 Å². The van der Waals surface area contributed by atoms with Crippen molar-refractivity contribution in [3.05, 3.63) is 58.1 Å². The molecule has 0 bridgehead atoms. The second kappa shape index (κ2) is 8.08. The van der Waals surface area contributed by atoms with E-state index < -0.39 is 0 Å². The Morgan fingerprint density at radius 1 is 1.18 bits per heavy atom. The monoisotopic (exact) mass is 354 g/mol. The fourth-order valence-electron chi connectivity index (χ4n) is 1.51. The molecule has 1 amide bonds. The number of carbonyl (C=O) groups excluding carboxylic acids is 1. The van der Waals surface area contributed by atoms with Gasteiger partial charge >= 0.3 is 0 Å². The number of nitrogens with zero attached hydrogens (tertiary/aromatic N) is 1. The van der Waals surface area contributed by atoms with Crippen molar-refractivity contribution >= 4 is 47.1 Å².